The molecular formula is C17H18BrF2N. The van der Waals surface area contributed by atoms with Crippen LogP contribution in [0.15, 0.2) is 40.9 Å². The molecule has 0 aliphatic heterocycles. The molecule has 0 radical (unpaired) electrons. The Morgan fingerprint density at radius 2 is 1.90 bits per heavy atom. The lowest BCUT2D eigenvalue weighted by Gasteiger charge is -2.20. The molecule has 2 aromatic rings. The Kier molecular flexibility index (Phi) is 5.48. The van der Waals surface area contributed by atoms with E-state index in [0.717, 1.165) is 28.2 Å². The van der Waals surface area contributed by atoms with E-state index in [1.807, 2.05) is 26.0 Å². The molecule has 0 fully saturated rings. The third-order valence-electron chi connectivity index (χ3n) is 3.47. The topological polar surface area (TPSA) is 12.0 Å². The molecule has 4 heteroatoms. The van der Waals surface area contributed by atoms with Crippen molar-refractivity contribution in [1.29, 1.82) is 0 Å². The summed E-state index contributed by atoms with van der Waals surface area (Å²) in [7, 11) is 0. The van der Waals surface area contributed by atoms with Gasteiger partial charge in [-0.2, -0.15) is 0 Å². The van der Waals surface area contributed by atoms with Crippen LogP contribution in [0.3, 0.4) is 0 Å². The number of benzene rings is 2. The van der Waals surface area contributed by atoms with Gasteiger partial charge in [0.15, 0.2) is 0 Å². The largest absolute Gasteiger partial charge is 0.310 e. The lowest BCUT2D eigenvalue weighted by molar-refractivity contribution is 0.522. The first kappa shape index (κ1) is 16.1. The fraction of sp³-hybridized carbons (Fsp3) is 0.294. The Morgan fingerprint density at radius 3 is 2.57 bits per heavy atom. The van der Waals surface area contributed by atoms with Crippen molar-refractivity contribution in [1.82, 2.24) is 5.32 Å². The van der Waals surface area contributed by atoms with Gasteiger partial charge in [0.25, 0.3) is 0 Å². The Labute approximate surface area is 132 Å². The van der Waals surface area contributed by atoms with Gasteiger partial charge in [-0.05, 0) is 60.8 Å². The normalized spacial score (nSPS) is 12.4. The number of hydrogen-bond acceptors (Lipinski definition) is 1. The molecule has 1 atom stereocenters. The van der Waals surface area contributed by atoms with Crippen LogP contribution in [0, 0.1) is 18.6 Å². The standard InChI is InChI=1S/C17H18BrF2N/c1-3-21-17(12-4-6-15(18)11(2)8-12)10-13-9-14(19)5-7-16(13)20/h4-9,17,21H,3,10H2,1-2H3. The molecule has 0 aliphatic rings. The summed E-state index contributed by atoms with van der Waals surface area (Å²) >= 11 is 3.48. The number of nitrogens with one attached hydrogen (secondary N) is 1. The number of likely N-dealkylation sites (N-methyl/N-ethyl adjacent to an activating group) is 1. The SMILES string of the molecule is CCNC(Cc1cc(F)ccc1F)c1ccc(Br)c(C)c1. The Morgan fingerprint density at radius 1 is 1.14 bits per heavy atom. The number of halogens is 3. The lowest BCUT2D eigenvalue weighted by atomic mass is 9.97. The van der Waals surface area contributed by atoms with Crippen molar-refractivity contribution in [3.05, 3.63) is 69.2 Å². The zero-order valence-electron chi connectivity index (χ0n) is 12.1. The minimum Gasteiger partial charge on any atom is -0.310 e. The highest BCUT2D eigenvalue weighted by Gasteiger charge is 2.15. The van der Waals surface area contributed by atoms with Crippen molar-refractivity contribution in [2.24, 2.45) is 0 Å². The van der Waals surface area contributed by atoms with Crippen molar-refractivity contribution >= 4 is 15.9 Å². The Balaban J connectivity index is 2.30. The lowest BCUT2D eigenvalue weighted by Crippen LogP contribution is -2.23. The predicted molar refractivity (Wildman–Crippen MR) is 85.4 cm³/mol. The second-order valence-corrected chi connectivity index (χ2v) is 5.91. The van der Waals surface area contributed by atoms with E-state index in [4.69, 9.17) is 0 Å². The third kappa shape index (κ3) is 4.11. The molecule has 1 nitrogen and oxygen atoms in total. The van der Waals surface area contributed by atoms with E-state index in [0.29, 0.717) is 12.0 Å². The Bertz CT molecular complexity index is 628. The fourth-order valence-electron chi connectivity index (χ4n) is 2.36. The molecule has 1 N–H and O–H groups in total. The molecule has 0 aromatic heterocycles. The number of hydrogen-bond donors (Lipinski definition) is 1. The van der Waals surface area contributed by atoms with Crippen LogP contribution in [0.2, 0.25) is 0 Å². The van der Waals surface area contributed by atoms with Gasteiger partial charge in [-0.15, -0.1) is 0 Å². The smallest absolute Gasteiger partial charge is 0.126 e. The summed E-state index contributed by atoms with van der Waals surface area (Å²) < 4.78 is 28.2. The molecule has 0 saturated carbocycles. The Hall–Kier alpha value is -1.26. The summed E-state index contributed by atoms with van der Waals surface area (Å²) in [5, 5.41) is 3.34. The van der Waals surface area contributed by atoms with Crippen LogP contribution >= 0.6 is 15.9 Å². The second kappa shape index (κ2) is 7.14. The monoisotopic (exact) mass is 353 g/mol. The quantitative estimate of drug-likeness (QED) is 0.803. The first-order valence-electron chi connectivity index (χ1n) is 6.94. The van der Waals surface area contributed by atoms with Crippen LogP contribution in [0.25, 0.3) is 0 Å². The van der Waals surface area contributed by atoms with E-state index in [1.165, 1.54) is 12.1 Å². The predicted octanol–water partition coefficient (Wildman–Crippen LogP) is 4.93. The van der Waals surface area contributed by atoms with Gasteiger partial charge in [-0.1, -0.05) is 35.0 Å². The molecule has 0 aliphatic carbocycles. The van der Waals surface area contributed by atoms with Gasteiger partial charge in [0, 0.05) is 10.5 Å². The average molecular weight is 354 g/mol. The van der Waals surface area contributed by atoms with Gasteiger partial charge in [-0.25, -0.2) is 8.78 Å². The number of aryl methyl sites for hydroxylation is 1. The van der Waals surface area contributed by atoms with Crippen LogP contribution in [0.1, 0.15) is 29.7 Å². The van der Waals surface area contributed by atoms with E-state index in [2.05, 4.69) is 27.3 Å². The molecule has 0 bridgehead atoms. The van der Waals surface area contributed by atoms with Gasteiger partial charge in [0.1, 0.15) is 11.6 Å². The molecule has 0 spiro atoms. The molecule has 1 unspecified atom stereocenters. The van der Waals surface area contributed by atoms with Crippen LogP contribution in [0.4, 0.5) is 8.78 Å². The average Bonchev–Trinajstić information content (AvgIpc) is 2.45. The first-order chi connectivity index (χ1) is 10.0. The first-order valence-corrected chi connectivity index (χ1v) is 7.74. The highest BCUT2D eigenvalue weighted by atomic mass is 79.9. The van der Waals surface area contributed by atoms with Crippen molar-refractivity contribution in [3.8, 4) is 0 Å². The second-order valence-electron chi connectivity index (χ2n) is 5.06. The zero-order valence-corrected chi connectivity index (χ0v) is 13.7. The highest BCUT2D eigenvalue weighted by molar-refractivity contribution is 9.10. The summed E-state index contributed by atoms with van der Waals surface area (Å²) in [6, 6.07) is 9.60. The van der Waals surface area contributed by atoms with Crippen LogP contribution < -0.4 is 5.32 Å². The maximum absolute atomic E-state index is 13.8. The molecule has 0 amide bonds. The van der Waals surface area contributed by atoms with E-state index < -0.39 is 5.82 Å². The van der Waals surface area contributed by atoms with Crippen molar-refractivity contribution in [2.45, 2.75) is 26.3 Å². The van der Waals surface area contributed by atoms with Gasteiger partial charge < -0.3 is 5.32 Å². The third-order valence-corrected chi connectivity index (χ3v) is 4.36. The summed E-state index contributed by atoms with van der Waals surface area (Å²) in [6.45, 7) is 4.77. The van der Waals surface area contributed by atoms with Crippen LogP contribution in [-0.2, 0) is 6.42 Å². The molecular weight excluding hydrogens is 336 g/mol. The summed E-state index contributed by atoms with van der Waals surface area (Å²) in [5.41, 5.74) is 2.58. The van der Waals surface area contributed by atoms with E-state index in [-0.39, 0.29) is 11.9 Å². The summed E-state index contributed by atoms with van der Waals surface area (Å²) in [4.78, 5) is 0. The molecule has 0 heterocycles. The van der Waals surface area contributed by atoms with Crippen molar-refractivity contribution in [2.75, 3.05) is 6.54 Å². The fourth-order valence-corrected chi connectivity index (χ4v) is 2.61. The van der Waals surface area contributed by atoms with E-state index >= 15 is 0 Å². The van der Waals surface area contributed by atoms with E-state index in [9.17, 15) is 8.78 Å². The van der Waals surface area contributed by atoms with Crippen molar-refractivity contribution in [3.63, 3.8) is 0 Å². The number of rotatable bonds is 5. The van der Waals surface area contributed by atoms with E-state index in [1.54, 1.807) is 0 Å². The maximum Gasteiger partial charge on any atom is 0.126 e. The molecule has 2 rings (SSSR count). The van der Waals surface area contributed by atoms with Gasteiger partial charge in [0.05, 0.1) is 0 Å². The van der Waals surface area contributed by atoms with Crippen molar-refractivity contribution < 1.29 is 8.78 Å². The van der Waals surface area contributed by atoms with Crippen LogP contribution in [0.5, 0.6) is 0 Å². The minimum absolute atomic E-state index is 0.0434. The molecule has 112 valence electrons. The van der Waals surface area contributed by atoms with Gasteiger partial charge in [0.2, 0.25) is 0 Å². The molecule has 0 saturated heterocycles. The van der Waals surface area contributed by atoms with Crippen LogP contribution in [-0.4, -0.2) is 6.54 Å². The zero-order chi connectivity index (χ0) is 15.4. The molecule has 2 aromatic carbocycles. The summed E-state index contributed by atoms with van der Waals surface area (Å²) in [6.07, 6.45) is 0.415. The molecule has 21 heavy (non-hydrogen) atoms. The summed E-state index contributed by atoms with van der Waals surface area (Å²) in [5.74, 6) is -0.776. The van der Waals surface area contributed by atoms with Gasteiger partial charge >= 0.3 is 0 Å². The minimum atomic E-state index is -0.409. The van der Waals surface area contributed by atoms with Gasteiger partial charge in [-0.3, -0.25) is 0 Å². The maximum atomic E-state index is 13.8. The highest BCUT2D eigenvalue weighted by Crippen LogP contribution is 2.25.